The standard InChI is InChI=1S/C14H15FN2O2/c1-18-10-5-9(6-11(7-10)19-2)14(16)12-3-4-17-8-13(12)15/h3-8,14H,16H2,1-2H3. The molecule has 2 N–H and O–H groups in total. The monoisotopic (exact) mass is 262 g/mol. The van der Waals surface area contributed by atoms with Gasteiger partial charge in [-0.3, -0.25) is 4.98 Å². The second-order valence-electron chi connectivity index (χ2n) is 4.02. The van der Waals surface area contributed by atoms with Gasteiger partial charge in [0.2, 0.25) is 0 Å². The van der Waals surface area contributed by atoms with E-state index in [9.17, 15) is 4.39 Å². The first-order valence-electron chi connectivity index (χ1n) is 5.73. The molecule has 0 radical (unpaired) electrons. The Hall–Kier alpha value is -2.14. The van der Waals surface area contributed by atoms with Crippen LogP contribution in [0.5, 0.6) is 11.5 Å². The molecule has 19 heavy (non-hydrogen) atoms. The normalized spacial score (nSPS) is 12.0. The van der Waals surface area contributed by atoms with Gasteiger partial charge in [-0.1, -0.05) is 0 Å². The van der Waals surface area contributed by atoms with E-state index in [0.29, 0.717) is 22.6 Å². The first-order valence-corrected chi connectivity index (χ1v) is 5.73. The number of aromatic nitrogens is 1. The van der Waals surface area contributed by atoms with Crippen molar-refractivity contribution in [2.45, 2.75) is 6.04 Å². The van der Waals surface area contributed by atoms with Gasteiger partial charge in [0.15, 0.2) is 0 Å². The summed E-state index contributed by atoms with van der Waals surface area (Å²) in [5.41, 5.74) is 7.17. The minimum absolute atomic E-state index is 0.380. The number of hydrogen-bond acceptors (Lipinski definition) is 4. The highest BCUT2D eigenvalue weighted by Gasteiger charge is 2.15. The molecule has 0 bridgehead atoms. The van der Waals surface area contributed by atoms with E-state index in [1.54, 1.807) is 38.5 Å². The van der Waals surface area contributed by atoms with Gasteiger partial charge in [0.25, 0.3) is 0 Å². The molecule has 4 nitrogen and oxygen atoms in total. The molecule has 5 heteroatoms. The van der Waals surface area contributed by atoms with E-state index in [1.807, 2.05) is 0 Å². The topological polar surface area (TPSA) is 57.4 Å². The van der Waals surface area contributed by atoms with Crippen LogP contribution in [-0.4, -0.2) is 19.2 Å². The van der Waals surface area contributed by atoms with Crippen molar-refractivity contribution in [1.82, 2.24) is 4.98 Å². The predicted octanol–water partition coefficient (Wildman–Crippen LogP) is 2.29. The largest absolute Gasteiger partial charge is 0.497 e. The van der Waals surface area contributed by atoms with Crippen molar-refractivity contribution < 1.29 is 13.9 Å². The van der Waals surface area contributed by atoms with Crippen LogP contribution in [0.3, 0.4) is 0 Å². The molecule has 2 aromatic rings. The molecule has 100 valence electrons. The van der Waals surface area contributed by atoms with Crippen LogP contribution in [0.2, 0.25) is 0 Å². The Labute approximate surface area is 111 Å². The smallest absolute Gasteiger partial charge is 0.146 e. The molecule has 0 spiro atoms. The molecule has 1 aromatic heterocycles. The molecule has 0 fully saturated rings. The van der Waals surface area contributed by atoms with Crippen molar-refractivity contribution >= 4 is 0 Å². The Balaban J connectivity index is 2.43. The molecule has 1 heterocycles. The molecular weight excluding hydrogens is 247 g/mol. The summed E-state index contributed by atoms with van der Waals surface area (Å²) in [5, 5.41) is 0. The second-order valence-corrected chi connectivity index (χ2v) is 4.02. The Morgan fingerprint density at radius 2 is 1.79 bits per heavy atom. The molecule has 1 unspecified atom stereocenters. The molecule has 1 aromatic carbocycles. The maximum atomic E-state index is 13.7. The third kappa shape index (κ3) is 2.82. The van der Waals surface area contributed by atoms with Gasteiger partial charge in [-0.05, 0) is 23.8 Å². The fourth-order valence-electron chi connectivity index (χ4n) is 1.83. The van der Waals surface area contributed by atoms with Crippen LogP contribution in [0.4, 0.5) is 4.39 Å². The van der Waals surface area contributed by atoms with Crippen LogP contribution >= 0.6 is 0 Å². The van der Waals surface area contributed by atoms with Gasteiger partial charge in [0.05, 0.1) is 26.5 Å². The van der Waals surface area contributed by atoms with E-state index in [-0.39, 0.29) is 0 Å². The number of rotatable bonds is 4. The van der Waals surface area contributed by atoms with Crippen molar-refractivity contribution in [1.29, 1.82) is 0 Å². The Bertz CT molecular complexity index is 553. The second kappa shape index (κ2) is 5.67. The molecule has 0 amide bonds. The lowest BCUT2D eigenvalue weighted by Crippen LogP contribution is -2.14. The zero-order valence-corrected chi connectivity index (χ0v) is 10.8. The fourth-order valence-corrected chi connectivity index (χ4v) is 1.83. The molecule has 0 aliphatic carbocycles. The van der Waals surface area contributed by atoms with Crippen molar-refractivity contribution in [3.8, 4) is 11.5 Å². The van der Waals surface area contributed by atoms with Gasteiger partial charge in [0.1, 0.15) is 17.3 Å². The summed E-state index contributed by atoms with van der Waals surface area (Å²) in [6, 6.07) is 6.21. The molecule has 0 aliphatic rings. The summed E-state index contributed by atoms with van der Waals surface area (Å²) in [6.45, 7) is 0. The van der Waals surface area contributed by atoms with Crippen molar-refractivity contribution in [3.05, 3.63) is 53.6 Å². The number of pyridine rings is 1. The van der Waals surface area contributed by atoms with Crippen molar-refractivity contribution in [2.75, 3.05) is 14.2 Å². The van der Waals surface area contributed by atoms with Crippen molar-refractivity contribution in [2.24, 2.45) is 5.73 Å². The average molecular weight is 262 g/mol. The van der Waals surface area contributed by atoms with E-state index >= 15 is 0 Å². The first-order chi connectivity index (χ1) is 9.15. The van der Waals surface area contributed by atoms with Crippen LogP contribution in [0.15, 0.2) is 36.7 Å². The summed E-state index contributed by atoms with van der Waals surface area (Å²) >= 11 is 0. The van der Waals surface area contributed by atoms with E-state index in [2.05, 4.69) is 4.98 Å². The summed E-state index contributed by atoms with van der Waals surface area (Å²) in [6.07, 6.45) is 2.66. The van der Waals surface area contributed by atoms with E-state index in [4.69, 9.17) is 15.2 Å². The molecule has 0 saturated heterocycles. The van der Waals surface area contributed by atoms with Crippen molar-refractivity contribution in [3.63, 3.8) is 0 Å². The Morgan fingerprint density at radius 3 is 2.32 bits per heavy atom. The average Bonchev–Trinajstić information content (AvgIpc) is 2.46. The molecule has 0 saturated carbocycles. The van der Waals surface area contributed by atoms with Crippen LogP contribution in [0, 0.1) is 5.82 Å². The number of halogens is 1. The van der Waals surface area contributed by atoms with Crippen LogP contribution in [0.1, 0.15) is 17.2 Å². The van der Waals surface area contributed by atoms with E-state index < -0.39 is 11.9 Å². The summed E-state index contributed by atoms with van der Waals surface area (Å²) in [7, 11) is 3.11. The highest BCUT2D eigenvalue weighted by atomic mass is 19.1. The molecular formula is C14H15FN2O2. The SMILES string of the molecule is COc1cc(OC)cc(C(N)c2ccncc2F)c1. The molecule has 2 rings (SSSR count). The van der Waals surface area contributed by atoms with Gasteiger partial charge in [-0.2, -0.15) is 0 Å². The van der Waals surface area contributed by atoms with E-state index in [1.165, 1.54) is 6.20 Å². The van der Waals surface area contributed by atoms with Crippen LogP contribution in [-0.2, 0) is 0 Å². The molecule has 0 aliphatic heterocycles. The third-order valence-corrected chi connectivity index (χ3v) is 2.87. The minimum Gasteiger partial charge on any atom is -0.497 e. The lowest BCUT2D eigenvalue weighted by atomic mass is 9.99. The lowest BCUT2D eigenvalue weighted by molar-refractivity contribution is 0.393. The number of ether oxygens (including phenoxy) is 2. The van der Waals surface area contributed by atoms with Gasteiger partial charge in [-0.15, -0.1) is 0 Å². The number of methoxy groups -OCH3 is 2. The number of nitrogens with zero attached hydrogens (tertiary/aromatic N) is 1. The minimum atomic E-state index is -0.605. The van der Waals surface area contributed by atoms with Gasteiger partial charge >= 0.3 is 0 Å². The highest BCUT2D eigenvalue weighted by Crippen LogP contribution is 2.29. The third-order valence-electron chi connectivity index (χ3n) is 2.87. The number of hydrogen-bond donors (Lipinski definition) is 1. The first kappa shape index (κ1) is 13.3. The van der Waals surface area contributed by atoms with Crippen LogP contribution in [0.25, 0.3) is 0 Å². The van der Waals surface area contributed by atoms with Crippen LogP contribution < -0.4 is 15.2 Å². The maximum absolute atomic E-state index is 13.7. The van der Waals surface area contributed by atoms with Gasteiger partial charge in [0, 0.05) is 17.8 Å². The fraction of sp³-hybridized carbons (Fsp3) is 0.214. The summed E-state index contributed by atoms with van der Waals surface area (Å²) in [5.74, 6) is 0.787. The van der Waals surface area contributed by atoms with Gasteiger partial charge in [-0.25, -0.2) is 4.39 Å². The summed E-state index contributed by atoms with van der Waals surface area (Å²) < 4.78 is 24.0. The molecule has 1 atom stereocenters. The quantitative estimate of drug-likeness (QED) is 0.918. The predicted molar refractivity (Wildman–Crippen MR) is 69.8 cm³/mol. The zero-order valence-electron chi connectivity index (χ0n) is 10.8. The maximum Gasteiger partial charge on any atom is 0.146 e. The number of nitrogens with two attached hydrogens (primary N) is 1. The lowest BCUT2D eigenvalue weighted by Gasteiger charge is -2.15. The van der Waals surface area contributed by atoms with Gasteiger partial charge < -0.3 is 15.2 Å². The number of benzene rings is 1. The zero-order chi connectivity index (χ0) is 13.8. The van der Waals surface area contributed by atoms with E-state index in [0.717, 1.165) is 6.20 Å². The Morgan fingerprint density at radius 1 is 1.16 bits per heavy atom. The summed E-state index contributed by atoms with van der Waals surface area (Å²) in [4.78, 5) is 3.71. The highest BCUT2D eigenvalue weighted by molar-refractivity contribution is 5.42. The Kier molecular flexibility index (Phi) is 3.97.